The van der Waals surface area contributed by atoms with Gasteiger partial charge in [0.1, 0.15) is 12.4 Å². The van der Waals surface area contributed by atoms with Crippen molar-refractivity contribution in [2.75, 3.05) is 37.5 Å². The molecule has 9 nitrogen and oxygen atoms in total. The number of rotatable bonds is 6. The number of hydrogen-bond acceptors (Lipinski definition) is 6. The molecule has 1 aliphatic carbocycles. The van der Waals surface area contributed by atoms with Gasteiger partial charge in [-0.2, -0.15) is 9.40 Å². The summed E-state index contributed by atoms with van der Waals surface area (Å²) in [5, 5.41) is 4.53. The van der Waals surface area contributed by atoms with E-state index >= 15 is 0 Å². The molecule has 178 valence electrons. The van der Waals surface area contributed by atoms with Gasteiger partial charge in [0.25, 0.3) is 0 Å². The number of benzene rings is 1. The van der Waals surface area contributed by atoms with E-state index in [0.717, 1.165) is 48.1 Å². The van der Waals surface area contributed by atoms with E-state index in [9.17, 15) is 13.2 Å². The van der Waals surface area contributed by atoms with Gasteiger partial charge in [-0.1, -0.05) is 0 Å². The molecule has 1 atom stereocenters. The van der Waals surface area contributed by atoms with Crippen molar-refractivity contribution in [1.82, 2.24) is 14.1 Å². The molecule has 33 heavy (non-hydrogen) atoms. The molecule has 0 N–H and O–H groups in total. The molecule has 1 saturated carbocycles. The van der Waals surface area contributed by atoms with E-state index < -0.39 is 16.1 Å². The molecule has 3 aliphatic rings. The smallest absolute Gasteiger partial charge is 0.414 e. The van der Waals surface area contributed by atoms with E-state index in [-0.39, 0.29) is 18.4 Å². The number of fused-ring (bicyclic) bond motifs is 1. The second-order valence-electron chi connectivity index (χ2n) is 9.02. The summed E-state index contributed by atoms with van der Waals surface area (Å²) in [5.74, 6) is 0.894. The Bertz CT molecular complexity index is 1160. The van der Waals surface area contributed by atoms with Gasteiger partial charge in [0.2, 0.25) is 10.0 Å². The summed E-state index contributed by atoms with van der Waals surface area (Å²) in [6.07, 6.45) is 7.97. The fourth-order valence-electron chi connectivity index (χ4n) is 4.78. The maximum atomic E-state index is 12.5. The number of anilines is 1. The molecule has 0 bridgehead atoms. The number of methoxy groups -OCH3 is 1. The Morgan fingerprint density at radius 3 is 2.76 bits per heavy atom. The summed E-state index contributed by atoms with van der Waals surface area (Å²) in [5.41, 5.74) is 3.59. The molecule has 1 aromatic carbocycles. The minimum absolute atomic E-state index is 0.0102. The van der Waals surface area contributed by atoms with Crippen LogP contribution in [0.4, 0.5) is 10.5 Å². The summed E-state index contributed by atoms with van der Waals surface area (Å²) in [6, 6.07) is 4.39. The van der Waals surface area contributed by atoms with Crippen LogP contribution < -0.4 is 9.64 Å². The fourth-order valence-corrected chi connectivity index (χ4v) is 6.29. The Morgan fingerprint density at radius 2 is 2.06 bits per heavy atom. The number of nitrogens with zero attached hydrogens (tertiary/aromatic N) is 4. The van der Waals surface area contributed by atoms with E-state index in [1.165, 1.54) is 11.4 Å². The molecule has 3 heterocycles. The standard InChI is InChI=1S/C23H30N4O5S/c1-16-4-7-20-21(27(16)23(28)31-2)9-8-19(17-14-24-26(15-17)18-5-6-18)22(20)32-12-11-25-10-3-13-33(25,29)30/h8-9,14-16,18H,3-7,10-13H2,1-2H3. The topological polar surface area (TPSA) is 94.0 Å². The summed E-state index contributed by atoms with van der Waals surface area (Å²) < 4.78 is 39.2. The first-order valence-electron chi connectivity index (χ1n) is 11.6. The lowest BCUT2D eigenvalue weighted by Crippen LogP contribution is -2.42. The van der Waals surface area contributed by atoms with Crippen LogP contribution in [0.5, 0.6) is 5.75 Å². The predicted molar refractivity (Wildman–Crippen MR) is 124 cm³/mol. The molecule has 5 rings (SSSR count). The number of amides is 1. The van der Waals surface area contributed by atoms with Gasteiger partial charge in [-0.3, -0.25) is 9.58 Å². The van der Waals surface area contributed by atoms with Crippen molar-refractivity contribution in [3.63, 3.8) is 0 Å². The Hall–Kier alpha value is -2.59. The zero-order valence-electron chi connectivity index (χ0n) is 19.1. The molecule has 0 spiro atoms. The summed E-state index contributed by atoms with van der Waals surface area (Å²) >= 11 is 0. The number of ether oxygens (including phenoxy) is 2. The summed E-state index contributed by atoms with van der Waals surface area (Å²) in [7, 11) is -1.79. The van der Waals surface area contributed by atoms with E-state index in [0.29, 0.717) is 31.3 Å². The molecule has 10 heteroatoms. The van der Waals surface area contributed by atoms with Crippen LogP contribution in [0.15, 0.2) is 24.5 Å². The van der Waals surface area contributed by atoms with Crippen molar-refractivity contribution in [2.45, 2.75) is 51.1 Å². The third-order valence-electron chi connectivity index (χ3n) is 6.74. The Kier molecular flexibility index (Phi) is 5.82. The molecule has 1 unspecified atom stereocenters. The van der Waals surface area contributed by atoms with Crippen LogP contribution in [0.25, 0.3) is 11.1 Å². The van der Waals surface area contributed by atoms with E-state index in [4.69, 9.17) is 9.47 Å². The highest BCUT2D eigenvalue weighted by Gasteiger charge is 2.33. The number of aromatic nitrogens is 2. The Morgan fingerprint density at radius 1 is 1.24 bits per heavy atom. The third kappa shape index (κ3) is 4.21. The van der Waals surface area contributed by atoms with Crippen LogP contribution in [0.2, 0.25) is 0 Å². The largest absolute Gasteiger partial charge is 0.491 e. The average Bonchev–Trinajstić information content (AvgIpc) is 3.43. The summed E-state index contributed by atoms with van der Waals surface area (Å²) in [6.45, 7) is 3.09. The molecule has 1 aromatic heterocycles. The average molecular weight is 475 g/mol. The minimum atomic E-state index is -3.18. The Labute approximate surface area is 194 Å². The van der Waals surface area contributed by atoms with Crippen LogP contribution in [0, 0.1) is 0 Å². The normalized spacial score (nSPS) is 22.2. The van der Waals surface area contributed by atoms with Gasteiger partial charge in [-0.15, -0.1) is 0 Å². The monoisotopic (exact) mass is 474 g/mol. The lowest BCUT2D eigenvalue weighted by Gasteiger charge is -2.35. The van der Waals surface area contributed by atoms with Crippen molar-refractivity contribution in [2.24, 2.45) is 0 Å². The third-order valence-corrected chi connectivity index (χ3v) is 8.70. The SMILES string of the molecule is COC(=O)N1c2ccc(-c3cnn(C4CC4)c3)c(OCCN3CCCS3(=O)=O)c2CCC1C. The van der Waals surface area contributed by atoms with Crippen LogP contribution >= 0.6 is 0 Å². The predicted octanol–water partition coefficient (Wildman–Crippen LogP) is 3.21. The quantitative estimate of drug-likeness (QED) is 0.638. The molecule has 0 radical (unpaired) electrons. The second-order valence-corrected chi connectivity index (χ2v) is 11.1. The highest BCUT2D eigenvalue weighted by Crippen LogP contribution is 2.44. The molecule has 2 aromatic rings. The maximum absolute atomic E-state index is 12.5. The first-order valence-corrected chi connectivity index (χ1v) is 13.2. The van der Waals surface area contributed by atoms with Gasteiger partial charge in [-0.05, 0) is 51.2 Å². The zero-order valence-corrected chi connectivity index (χ0v) is 19.9. The maximum Gasteiger partial charge on any atom is 0.414 e. The summed E-state index contributed by atoms with van der Waals surface area (Å²) in [4.78, 5) is 14.2. The van der Waals surface area contributed by atoms with Crippen molar-refractivity contribution >= 4 is 21.8 Å². The molecule has 2 fully saturated rings. The zero-order chi connectivity index (χ0) is 23.2. The number of carbonyl (C=O) groups excluding carboxylic acids is 1. The highest BCUT2D eigenvalue weighted by atomic mass is 32.2. The van der Waals surface area contributed by atoms with Gasteiger partial charge in [-0.25, -0.2) is 13.2 Å². The van der Waals surface area contributed by atoms with Crippen LogP contribution in [-0.4, -0.2) is 67.2 Å². The Balaban J connectivity index is 1.49. The van der Waals surface area contributed by atoms with Crippen LogP contribution in [-0.2, 0) is 21.2 Å². The van der Waals surface area contributed by atoms with Gasteiger partial charge >= 0.3 is 6.09 Å². The first kappa shape index (κ1) is 22.2. The fraction of sp³-hybridized carbons (Fsp3) is 0.565. The second kappa shape index (κ2) is 8.64. The number of carbonyl (C=O) groups is 1. The van der Waals surface area contributed by atoms with Gasteiger partial charge in [0.05, 0.1) is 30.8 Å². The van der Waals surface area contributed by atoms with E-state index in [1.807, 2.05) is 36.1 Å². The molecular weight excluding hydrogens is 444 g/mol. The molecule has 1 amide bonds. The van der Waals surface area contributed by atoms with Crippen molar-refractivity contribution in [3.8, 4) is 16.9 Å². The number of sulfonamides is 1. The lowest BCUT2D eigenvalue weighted by atomic mass is 9.92. The van der Waals surface area contributed by atoms with Crippen molar-refractivity contribution in [3.05, 3.63) is 30.1 Å². The lowest BCUT2D eigenvalue weighted by molar-refractivity contribution is 0.175. The van der Waals surface area contributed by atoms with E-state index in [1.54, 1.807) is 4.90 Å². The van der Waals surface area contributed by atoms with Crippen LogP contribution in [0.1, 0.15) is 44.2 Å². The van der Waals surface area contributed by atoms with E-state index in [2.05, 4.69) is 5.10 Å². The molecule has 2 aliphatic heterocycles. The highest BCUT2D eigenvalue weighted by molar-refractivity contribution is 7.89. The minimum Gasteiger partial charge on any atom is -0.491 e. The van der Waals surface area contributed by atoms with Crippen molar-refractivity contribution < 1.29 is 22.7 Å². The van der Waals surface area contributed by atoms with Crippen molar-refractivity contribution in [1.29, 1.82) is 0 Å². The molecular formula is C23H30N4O5S. The van der Waals surface area contributed by atoms with Crippen LogP contribution in [0.3, 0.4) is 0 Å². The number of hydrogen-bond donors (Lipinski definition) is 0. The first-order chi connectivity index (χ1) is 15.9. The molecule has 1 saturated heterocycles. The van der Waals surface area contributed by atoms with Gasteiger partial charge in [0, 0.05) is 42.0 Å². The van der Waals surface area contributed by atoms with Gasteiger partial charge in [0.15, 0.2) is 0 Å². The van der Waals surface area contributed by atoms with Gasteiger partial charge < -0.3 is 9.47 Å².